The summed E-state index contributed by atoms with van der Waals surface area (Å²) in [6, 6.07) is 0. The Morgan fingerprint density at radius 1 is 1.53 bits per heavy atom. The molecule has 0 aromatic rings. The van der Waals surface area contributed by atoms with Crippen LogP contribution in [0.15, 0.2) is 0 Å². The molecule has 1 rings (SSSR count). The van der Waals surface area contributed by atoms with Crippen LogP contribution in [-0.4, -0.2) is 36.7 Å². The third-order valence-electron chi connectivity index (χ3n) is 2.46. The van der Waals surface area contributed by atoms with Gasteiger partial charge in [0.2, 0.25) is 0 Å². The van der Waals surface area contributed by atoms with E-state index in [0.29, 0.717) is 13.0 Å². The molecule has 0 bridgehead atoms. The van der Waals surface area contributed by atoms with Gasteiger partial charge in [-0.15, -0.1) is 0 Å². The summed E-state index contributed by atoms with van der Waals surface area (Å²) in [5, 5.41) is 4.07. The fourth-order valence-electron chi connectivity index (χ4n) is 1.66. The Morgan fingerprint density at radius 3 is 3.07 bits per heavy atom. The molecule has 0 spiro atoms. The lowest BCUT2D eigenvalue weighted by Gasteiger charge is -2.21. The minimum absolute atomic E-state index is 0.0960. The van der Waals surface area contributed by atoms with Crippen molar-refractivity contribution in [2.45, 2.75) is 37.9 Å². The molecule has 0 radical (unpaired) electrons. The predicted octanol–water partition coefficient (Wildman–Crippen LogP) is 1.81. The van der Waals surface area contributed by atoms with Crippen LogP contribution in [0, 0.1) is 0 Å². The second-order valence-electron chi connectivity index (χ2n) is 3.75. The normalized spacial score (nSPS) is 21.3. The standard InChI is InChI=1S/C11H21NO2S/c1-2-14-11(13)6-7-12-9-10-5-3-4-8-15-10/h10,12H,2-9H2,1H3. The van der Waals surface area contributed by atoms with E-state index in [0.717, 1.165) is 18.3 Å². The average Bonchev–Trinajstić information content (AvgIpc) is 2.26. The fourth-order valence-corrected chi connectivity index (χ4v) is 2.93. The van der Waals surface area contributed by atoms with Crippen molar-refractivity contribution in [3.8, 4) is 0 Å². The summed E-state index contributed by atoms with van der Waals surface area (Å²) in [5.74, 6) is 1.20. The second kappa shape index (κ2) is 7.99. The van der Waals surface area contributed by atoms with Crippen molar-refractivity contribution in [2.24, 2.45) is 0 Å². The first-order valence-corrected chi connectivity index (χ1v) is 6.85. The Kier molecular flexibility index (Phi) is 6.85. The highest BCUT2D eigenvalue weighted by Gasteiger charge is 2.13. The molecule has 0 aliphatic carbocycles. The number of ether oxygens (including phenoxy) is 1. The molecule has 1 aliphatic rings. The maximum absolute atomic E-state index is 11.0. The first-order valence-electron chi connectivity index (χ1n) is 5.81. The zero-order valence-corrected chi connectivity index (χ0v) is 10.3. The minimum atomic E-state index is -0.0960. The van der Waals surface area contributed by atoms with Crippen molar-refractivity contribution >= 4 is 17.7 Å². The molecule has 4 heteroatoms. The summed E-state index contributed by atoms with van der Waals surface area (Å²) >= 11 is 2.05. The smallest absolute Gasteiger partial charge is 0.307 e. The summed E-state index contributed by atoms with van der Waals surface area (Å²) < 4.78 is 4.85. The number of thioether (sulfide) groups is 1. The molecular formula is C11H21NO2S. The van der Waals surface area contributed by atoms with Gasteiger partial charge in [-0.25, -0.2) is 0 Å². The molecule has 0 aromatic heterocycles. The first-order chi connectivity index (χ1) is 7.33. The second-order valence-corrected chi connectivity index (χ2v) is 5.16. The van der Waals surface area contributed by atoms with Gasteiger partial charge >= 0.3 is 5.97 Å². The molecule has 1 saturated heterocycles. The summed E-state index contributed by atoms with van der Waals surface area (Å²) in [6.45, 7) is 4.10. The van der Waals surface area contributed by atoms with E-state index in [2.05, 4.69) is 17.1 Å². The van der Waals surface area contributed by atoms with E-state index < -0.39 is 0 Å². The molecule has 1 fully saturated rings. The highest BCUT2D eigenvalue weighted by molar-refractivity contribution is 7.99. The summed E-state index contributed by atoms with van der Waals surface area (Å²) in [6.07, 6.45) is 4.53. The van der Waals surface area contributed by atoms with Crippen molar-refractivity contribution in [1.29, 1.82) is 0 Å². The van der Waals surface area contributed by atoms with Gasteiger partial charge < -0.3 is 10.1 Å². The molecule has 0 amide bonds. The summed E-state index contributed by atoms with van der Waals surface area (Å²) in [5.41, 5.74) is 0. The van der Waals surface area contributed by atoms with E-state index in [9.17, 15) is 4.79 Å². The van der Waals surface area contributed by atoms with Gasteiger partial charge in [0.25, 0.3) is 0 Å². The number of nitrogens with one attached hydrogen (secondary N) is 1. The fraction of sp³-hybridized carbons (Fsp3) is 0.909. The van der Waals surface area contributed by atoms with Crippen LogP contribution in [0.2, 0.25) is 0 Å². The maximum atomic E-state index is 11.0. The predicted molar refractivity (Wildman–Crippen MR) is 64.2 cm³/mol. The molecule has 1 N–H and O–H groups in total. The van der Waals surface area contributed by atoms with Crippen molar-refractivity contribution in [3.05, 3.63) is 0 Å². The Labute approximate surface area is 96.3 Å². The molecule has 0 saturated carbocycles. The van der Waals surface area contributed by atoms with Crippen molar-refractivity contribution in [1.82, 2.24) is 5.32 Å². The largest absolute Gasteiger partial charge is 0.466 e. The van der Waals surface area contributed by atoms with E-state index in [1.807, 2.05) is 6.92 Å². The van der Waals surface area contributed by atoms with Gasteiger partial charge in [-0.3, -0.25) is 4.79 Å². The van der Waals surface area contributed by atoms with Gasteiger partial charge in [-0.05, 0) is 25.5 Å². The first kappa shape index (κ1) is 12.8. The quantitative estimate of drug-likeness (QED) is 0.559. The highest BCUT2D eigenvalue weighted by Crippen LogP contribution is 2.24. The number of rotatable bonds is 6. The Morgan fingerprint density at radius 2 is 2.40 bits per heavy atom. The van der Waals surface area contributed by atoms with Crippen LogP contribution in [0.1, 0.15) is 32.6 Å². The zero-order valence-electron chi connectivity index (χ0n) is 9.46. The van der Waals surface area contributed by atoms with Crippen LogP contribution in [0.4, 0.5) is 0 Å². The highest BCUT2D eigenvalue weighted by atomic mass is 32.2. The Hall–Kier alpha value is -0.220. The lowest BCUT2D eigenvalue weighted by atomic mass is 10.2. The maximum Gasteiger partial charge on any atom is 0.307 e. The lowest BCUT2D eigenvalue weighted by Crippen LogP contribution is -2.28. The molecular weight excluding hydrogens is 210 g/mol. The zero-order chi connectivity index (χ0) is 10.9. The van der Waals surface area contributed by atoms with Crippen LogP contribution in [0.5, 0.6) is 0 Å². The van der Waals surface area contributed by atoms with Gasteiger partial charge in [0.05, 0.1) is 13.0 Å². The molecule has 0 aromatic carbocycles. The third-order valence-corrected chi connectivity index (χ3v) is 3.86. The molecule has 1 atom stereocenters. The van der Waals surface area contributed by atoms with Gasteiger partial charge in [0.1, 0.15) is 0 Å². The van der Waals surface area contributed by atoms with Crippen LogP contribution in [0.3, 0.4) is 0 Å². The van der Waals surface area contributed by atoms with Crippen molar-refractivity contribution in [3.63, 3.8) is 0 Å². The molecule has 1 heterocycles. The van der Waals surface area contributed by atoms with Gasteiger partial charge in [0, 0.05) is 18.3 Å². The lowest BCUT2D eigenvalue weighted by molar-refractivity contribution is -0.142. The SMILES string of the molecule is CCOC(=O)CCNCC1CCCCS1. The summed E-state index contributed by atoms with van der Waals surface area (Å²) in [7, 11) is 0. The number of carbonyl (C=O) groups is 1. The Balaban J connectivity index is 1.93. The van der Waals surface area contributed by atoms with Crippen LogP contribution in [0.25, 0.3) is 0 Å². The number of hydrogen-bond acceptors (Lipinski definition) is 4. The molecule has 1 unspecified atom stereocenters. The van der Waals surface area contributed by atoms with Crippen molar-refractivity contribution in [2.75, 3.05) is 25.4 Å². The summed E-state index contributed by atoms with van der Waals surface area (Å²) in [4.78, 5) is 11.0. The van der Waals surface area contributed by atoms with E-state index in [-0.39, 0.29) is 5.97 Å². The van der Waals surface area contributed by atoms with Crippen molar-refractivity contribution < 1.29 is 9.53 Å². The molecule has 3 nitrogen and oxygen atoms in total. The molecule has 88 valence electrons. The monoisotopic (exact) mass is 231 g/mol. The average molecular weight is 231 g/mol. The molecule has 15 heavy (non-hydrogen) atoms. The third kappa shape index (κ3) is 6.05. The van der Waals surface area contributed by atoms with Gasteiger partial charge in [-0.1, -0.05) is 6.42 Å². The van der Waals surface area contributed by atoms with Gasteiger partial charge in [-0.2, -0.15) is 11.8 Å². The van der Waals surface area contributed by atoms with Crippen LogP contribution in [-0.2, 0) is 9.53 Å². The molecule has 1 aliphatic heterocycles. The number of carbonyl (C=O) groups excluding carboxylic acids is 1. The van der Waals surface area contributed by atoms with E-state index in [4.69, 9.17) is 4.74 Å². The topological polar surface area (TPSA) is 38.3 Å². The number of esters is 1. The minimum Gasteiger partial charge on any atom is -0.466 e. The Bertz CT molecular complexity index is 181. The van der Waals surface area contributed by atoms with E-state index in [1.54, 1.807) is 0 Å². The van der Waals surface area contributed by atoms with Gasteiger partial charge in [0.15, 0.2) is 0 Å². The van der Waals surface area contributed by atoms with Crippen LogP contribution >= 0.6 is 11.8 Å². The number of hydrogen-bond donors (Lipinski definition) is 1. The van der Waals surface area contributed by atoms with E-state index >= 15 is 0 Å². The van der Waals surface area contributed by atoms with E-state index in [1.165, 1.54) is 25.0 Å². The van der Waals surface area contributed by atoms with Crippen LogP contribution < -0.4 is 5.32 Å².